The number of hydrogen-bond donors (Lipinski definition) is 4. The predicted octanol–water partition coefficient (Wildman–Crippen LogP) is 3.78. The highest BCUT2D eigenvalue weighted by atomic mass is 16.3. The standard InChI is InChI=1S/C25H34N4O2/c1-3-26-24(28-18-25(2,31)21-13-5-4-6-14-21)27-17-19-10-9-15-22(16-19)29-23(30)20-11-7-8-12-20/h4-6,9-10,13-16,20,31H,3,7-8,11-12,17-18H2,1-2H3,(H,29,30)(H2,26,27,28). The van der Waals surface area contributed by atoms with Crippen LogP contribution in [0.3, 0.4) is 0 Å². The van der Waals surface area contributed by atoms with Gasteiger partial charge in [0.05, 0.1) is 13.1 Å². The van der Waals surface area contributed by atoms with Crippen LogP contribution in [0, 0.1) is 5.92 Å². The van der Waals surface area contributed by atoms with Gasteiger partial charge in [-0.25, -0.2) is 4.99 Å². The van der Waals surface area contributed by atoms with Gasteiger partial charge in [-0.3, -0.25) is 4.79 Å². The van der Waals surface area contributed by atoms with Crippen LogP contribution >= 0.6 is 0 Å². The van der Waals surface area contributed by atoms with Crippen molar-refractivity contribution in [3.63, 3.8) is 0 Å². The van der Waals surface area contributed by atoms with Gasteiger partial charge in [-0.05, 0) is 49.9 Å². The van der Waals surface area contributed by atoms with E-state index in [1.54, 1.807) is 6.92 Å². The lowest BCUT2D eigenvalue weighted by atomic mass is 9.96. The Bertz CT molecular complexity index is 874. The second-order valence-corrected chi connectivity index (χ2v) is 8.36. The molecule has 0 aromatic heterocycles. The summed E-state index contributed by atoms with van der Waals surface area (Å²) < 4.78 is 0. The minimum Gasteiger partial charge on any atom is -0.384 e. The second-order valence-electron chi connectivity index (χ2n) is 8.36. The molecule has 1 aliphatic rings. The number of carbonyl (C=O) groups is 1. The number of hydrogen-bond acceptors (Lipinski definition) is 3. The molecule has 1 fully saturated rings. The molecule has 0 aliphatic heterocycles. The smallest absolute Gasteiger partial charge is 0.227 e. The van der Waals surface area contributed by atoms with E-state index in [2.05, 4.69) is 20.9 Å². The number of carbonyl (C=O) groups excluding carboxylic acids is 1. The van der Waals surface area contributed by atoms with E-state index in [4.69, 9.17) is 0 Å². The van der Waals surface area contributed by atoms with Gasteiger partial charge in [0, 0.05) is 18.2 Å². The van der Waals surface area contributed by atoms with Gasteiger partial charge in [-0.2, -0.15) is 0 Å². The van der Waals surface area contributed by atoms with Crippen LogP contribution in [0.25, 0.3) is 0 Å². The molecule has 31 heavy (non-hydrogen) atoms. The molecule has 0 bridgehead atoms. The highest BCUT2D eigenvalue weighted by molar-refractivity contribution is 5.92. The number of nitrogens with zero attached hydrogens (tertiary/aromatic N) is 1. The molecule has 1 amide bonds. The van der Waals surface area contributed by atoms with Crippen molar-refractivity contribution in [2.45, 2.75) is 51.7 Å². The van der Waals surface area contributed by atoms with E-state index in [-0.39, 0.29) is 11.8 Å². The van der Waals surface area contributed by atoms with Crippen molar-refractivity contribution < 1.29 is 9.90 Å². The number of anilines is 1. The summed E-state index contributed by atoms with van der Waals surface area (Å²) in [6.07, 6.45) is 4.26. The van der Waals surface area contributed by atoms with Crippen LogP contribution in [-0.2, 0) is 16.9 Å². The number of rotatable bonds is 8. The first-order valence-corrected chi connectivity index (χ1v) is 11.2. The molecule has 3 rings (SSSR count). The van der Waals surface area contributed by atoms with Gasteiger partial charge in [0.25, 0.3) is 0 Å². The molecular formula is C25H34N4O2. The Morgan fingerprint density at radius 1 is 1.10 bits per heavy atom. The molecule has 1 unspecified atom stereocenters. The molecule has 1 saturated carbocycles. The van der Waals surface area contributed by atoms with Crippen LogP contribution in [0.2, 0.25) is 0 Å². The summed E-state index contributed by atoms with van der Waals surface area (Å²) in [5, 5.41) is 20.3. The van der Waals surface area contributed by atoms with Crippen LogP contribution in [0.15, 0.2) is 59.6 Å². The SMILES string of the molecule is CCNC(=NCc1cccc(NC(=O)C2CCCC2)c1)NCC(C)(O)c1ccccc1. The van der Waals surface area contributed by atoms with E-state index >= 15 is 0 Å². The van der Waals surface area contributed by atoms with Crippen LogP contribution in [0.1, 0.15) is 50.7 Å². The third-order valence-corrected chi connectivity index (χ3v) is 5.68. The van der Waals surface area contributed by atoms with Gasteiger partial charge in [-0.15, -0.1) is 0 Å². The van der Waals surface area contributed by atoms with Crippen LogP contribution < -0.4 is 16.0 Å². The van der Waals surface area contributed by atoms with E-state index in [9.17, 15) is 9.90 Å². The average molecular weight is 423 g/mol. The van der Waals surface area contributed by atoms with E-state index in [0.29, 0.717) is 19.0 Å². The van der Waals surface area contributed by atoms with Gasteiger partial charge in [0.1, 0.15) is 5.60 Å². The van der Waals surface area contributed by atoms with Crippen LogP contribution in [0.5, 0.6) is 0 Å². The monoisotopic (exact) mass is 422 g/mol. The number of benzene rings is 2. The van der Waals surface area contributed by atoms with Gasteiger partial charge < -0.3 is 21.1 Å². The fraction of sp³-hybridized carbons (Fsp3) is 0.440. The first-order valence-electron chi connectivity index (χ1n) is 11.2. The zero-order chi connectivity index (χ0) is 22.1. The highest BCUT2D eigenvalue weighted by Gasteiger charge is 2.23. The number of guanidine groups is 1. The summed E-state index contributed by atoms with van der Waals surface area (Å²) >= 11 is 0. The van der Waals surface area contributed by atoms with Gasteiger partial charge in [0.15, 0.2) is 5.96 Å². The average Bonchev–Trinajstić information content (AvgIpc) is 3.32. The zero-order valence-corrected chi connectivity index (χ0v) is 18.5. The number of aliphatic hydroxyl groups is 1. The van der Waals surface area contributed by atoms with Crippen LogP contribution in [0.4, 0.5) is 5.69 Å². The Morgan fingerprint density at radius 2 is 1.84 bits per heavy atom. The first kappa shape index (κ1) is 22.8. The van der Waals surface area contributed by atoms with Crippen molar-refractivity contribution in [2.24, 2.45) is 10.9 Å². The molecule has 0 spiro atoms. The molecule has 166 valence electrons. The molecule has 2 aromatic carbocycles. The summed E-state index contributed by atoms with van der Waals surface area (Å²) in [4.78, 5) is 17.0. The Hall–Kier alpha value is -2.86. The van der Waals surface area contributed by atoms with Crippen molar-refractivity contribution in [1.82, 2.24) is 10.6 Å². The maximum absolute atomic E-state index is 12.4. The first-order chi connectivity index (χ1) is 15.0. The summed E-state index contributed by atoms with van der Waals surface area (Å²) in [6, 6.07) is 17.4. The summed E-state index contributed by atoms with van der Waals surface area (Å²) in [7, 11) is 0. The second kappa shape index (κ2) is 11.0. The largest absolute Gasteiger partial charge is 0.384 e. The van der Waals surface area contributed by atoms with Crippen molar-refractivity contribution in [1.29, 1.82) is 0 Å². The summed E-state index contributed by atoms with van der Waals surface area (Å²) in [5.41, 5.74) is 1.66. The summed E-state index contributed by atoms with van der Waals surface area (Å²) in [5.74, 6) is 0.902. The molecule has 0 radical (unpaired) electrons. The van der Waals surface area contributed by atoms with Gasteiger partial charge >= 0.3 is 0 Å². The maximum atomic E-state index is 12.4. The molecule has 0 saturated heterocycles. The maximum Gasteiger partial charge on any atom is 0.227 e. The zero-order valence-electron chi connectivity index (χ0n) is 18.5. The molecule has 0 heterocycles. The minimum absolute atomic E-state index is 0.122. The minimum atomic E-state index is -1.01. The van der Waals surface area contributed by atoms with Crippen molar-refractivity contribution in [2.75, 3.05) is 18.4 Å². The highest BCUT2D eigenvalue weighted by Crippen LogP contribution is 2.26. The lowest BCUT2D eigenvalue weighted by Crippen LogP contribution is -2.44. The van der Waals surface area contributed by atoms with E-state index < -0.39 is 5.60 Å². The fourth-order valence-corrected chi connectivity index (χ4v) is 3.85. The van der Waals surface area contributed by atoms with Crippen molar-refractivity contribution in [3.05, 3.63) is 65.7 Å². The molecular weight excluding hydrogens is 388 g/mol. The van der Waals surface area contributed by atoms with E-state index in [1.165, 1.54) is 0 Å². The lowest BCUT2D eigenvalue weighted by Gasteiger charge is -2.25. The number of aliphatic imine (C=N–C) groups is 1. The third kappa shape index (κ3) is 6.82. The van der Waals surface area contributed by atoms with Crippen molar-refractivity contribution in [3.8, 4) is 0 Å². The Balaban J connectivity index is 1.60. The topological polar surface area (TPSA) is 85.8 Å². The molecule has 1 aliphatic carbocycles. The molecule has 2 aromatic rings. The van der Waals surface area contributed by atoms with E-state index in [0.717, 1.165) is 49.0 Å². The molecule has 6 nitrogen and oxygen atoms in total. The summed E-state index contributed by atoms with van der Waals surface area (Å²) in [6.45, 7) is 5.31. The third-order valence-electron chi connectivity index (χ3n) is 5.68. The Kier molecular flexibility index (Phi) is 8.06. The van der Waals surface area contributed by atoms with E-state index in [1.807, 2.05) is 61.5 Å². The normalized spacial score (nSPS) is 16.5. The fourth-order valence-electron chi connectivity index (χ4n) is 3.85. The number of nitrogens with one attached hydrogen (secondary N) is 3. The molecule has 4 N–H and O–H groups in total. The molecule has 6 heteroatoms. The van der Waals surface area contributed by atoms with Gasteiger partial charge in [0.2, 0.25) is 5.91 Å². The Labute approximate surface area is 185 Å². The van der Waals surface area contributed by atoms with Crippen LogP contribution in [-0.4, -0.2) is 30.1 Å². The lowest BCUT2D eigenvalue weighted by molar-refractivity contribution is -0.119. The Morgan fingerprint density at radius 3 is 2.55 bits per heavy atom. The van der Waals surface area contributed by atoms with Crippen molar-refractivity contribution >= 4 is 17.6 Å². The predicted molar refractivity (Wildman–Crippen MR) is 126 cm³/mol. The number of amides is 1. The quantitative estimate of drug-likeness (QED) is 0.385. The molecule has 1 atom stereocenters. The van der Waals surface area contributed by atoms with Gasteiger partial charge in [-0.1, -0.05) is 55.3 Å².